The molecule has 0 saturated heterocycles. The van der Waals surface area contributed by atoms with Crippen molar-refractivity contribution in [2.24, 2.45) is 11.8 Å². The highest BCUT2D eigenvalue weighted by molar-refractivity contribution is 7.89. The summed E-state index contributed by atoms with van der Waals surface area (Å²) in [4.78, 5) is 0. The van der Waals surface area contributed by atoms with Crippen LogP contribution in [0.1, 0.15) is 45.4 Å². The quantitative estimate of drug-likeness (QED) is 0.739. The standard InChI is InChI=1S/C13H26N2O2S/c1-2-15-18(16,17)9-8-14-13-5-3-4-12(10-13)11-6-7-11/h11-15H,2-10H2,1H3. The lowest BCUT2D eigenvalue weighted by Crippen LogP contribution is -2.39. The van der Waals surface area contributed by atoms with E-state index >= 15 is 0 Å². The molecule has 0 aromatic rings. The Kier molecular flexibility index (Phi) is 5.04. The van der Waals surface area contributed by atoms with Crippen molar-refractivity contribution in [2.75, 3.05) is 18.8 Å². The van der Waals surface area contributed by atoms with Gasteiger partial charge in [-0.1, -0.05) is 19.8 Å². The summed E-state index contributed by atoms with van der Waals surface area (Å²) >= 11 is 0. The van der Waals surface area contributed by atoms with Gasteiger partial charge >= 0.3 is 0 Å². The van der Waals surface area contributed by atoms with Crippen molar-refractivity contribution in [3.63, 3.8) is 0 Å². The smallest absolute Gasteiger partial charge is 0.212 e. The number of rotatable bonds is 7. The highest BCUT2D eigenvalue weighted by Crippen LogP contribution is 2.43. The second-order valence-corrected chi connectivity index (χ2v) is 7.66. The molecular weight excluding hydrogens is 248 g/mol. The van der Waals surface area contributed by atoms with Gasteiger partial charge in [-0.05, 0) is 37.5 Å². The molecule has 0 aromatic heterocycles. The number of nitrogens with one attached hydrogen (secondary N) is 2. The molecule has 0 aliphatic heterocycles. The van der Waals surface area contributed by atoms with E-state index in [2.05, 4.69) is 10.0 Å². The maximum atomic E-state index is 11.5. The fourth-order valence-corrected chi connectivity index (χ4v) is 4.07. The minimum Gasteiger partial charge on any atom is -0.313 e. The topological polar surface area (TPSA) is 58.2 Å². The Morgan fingerprint density at radius 3 is 2.56 bits per heavy atom. The van der Waals surface area contributed by atoms with E-state index in [0.29, 0.717) is 19.1 Å². The zero-order chi connectivity index (χ0) is 13.0. The molecule has 0 bridgehead atoms. The average molecular weight is 274 g/mol. The van der Waals surface area contributed by atoms with E-state index in [4.69, 9.17) is 0 Å². The highest BCUT2D eigenvalue weighted by atomic mass is 32.2. The van der Waals surface area contributed by atoms with Gasteiger partial charge in [0.05, 0.1) is 5.75 Å². The van der Waals surface area contributed by atoms with Crippen LogP contribution in [0.15, 0.2) is 0 Å². The Morgan fingerprint density at radius 1 is 1.11 bits per heavy atom. The summed E-state index contributed by atoms with van der Waals surface area (Å²) in [5.41, 5.74) is 0. The van der Waals surface area contributed by atoms with Gasteiger partial charge in [0.1, 0.15) is 0 Å². The summed E-state index contributed by atoms with van der Waals surface area (Å²) in [6, 6.07) is 0.543. The number of sulfonamides is 1. The molecule has 2 saturated carbocycles. The molecule has 4 nitrogen and oxygen atoms in total. The molecule has 0 radical (unpaired) electrons. The third-order valence-corrected chi connectivity index (χ3v) is 5.64. The van der Waals surface area contributed by atoms with Gasteiger partial charge in [0, 0.05) is 19.1 Å². The van der Waals surface area contributed by atoms with Gasteiger partial charge in [0.15, 0.2) is 0 Å². The van der Waals surface area contributed by atoms with Crippen LogP contribution >= 0.6 is 0 Å². The van der Waals surface area contributed by atoms with Crippen molar-refractivity contribution in [1.82, 2.24) is 10.0 Å². The molecule has 2 N–H and O–H groups in total. The van der Waals surface area contributed by atoms with Crippen LogP contribution in [0.5, 0.6) is 0 Å². The first-order chi connectivity index (χ1) is 8.61. The molecule has 18 heavy (non-hydrogen) atoms. The van der Waals surface area contributed by atoms with Crippen molar-refractivity contribution in [2.45, 2.75) is 51.5 Å². The molecule has 2 aliphatic rings. The van der Waals surface area contributed by atoms with Gasteiger partial charge in [-0.15, -0.1) is 0 Å². The molecule has 0 amide bonds. The zero-order valence-corrected chi connectivity index (χ0v) is 12.1. The summed E-state index contributed by atoms with van der Waals surface area (Å²) in [6.45, 7) is 2.87. The van der Waals surface area contributed by atoms with Crippen LogP contribution in [0.2, 0.25) is 0 Å². The van der Waals surface area contributed by atoms with Crippen LogP contribution in [0, 0.1) is 11.8 Å². The summed E-state index contributed by atoms with van der Waals surface area (Å²) in [7, 11) is -3.06. The van der Waals surface area contributed by atoms with Crippen LogP contribution in [0.3, 0.4) is 0 Å². The highest BCUT2D eigenvalue weighted by Gasteiger charge is 2.34. The summed E-state index contributed by atoms with van der Waals surface area (Å²) in [5.74, 6) is 2.09. The van der Waals surface area contributed by atoms with Crippen molar-refractivity contribution in [3.05, 3.63) is 0 Å². The van der Waals surface area contributed by atoms with Gasteiger partial charge < -0.3 is 5.32 Å². The second-order valence-electron chi connectivity index (χ2n) is 5.73. The van der Waals surface area contributed by atoms with Crippen LogP contribution in [-0.2, 0) is 10.0 Å². The average Bonchev–Trinajstić information content (AvgIpc) is 3.13. The largest absolute Gasteiger partial charge is 0.313 e. The monoisotopic (exact) mass is 274 g/mol. The predicted molar refractivity (Wildman–Crippen MR) is 73.9 cm³/mol. The van der Waals surface area contributed by atoms with Crippen molar-refractivity contribution < 1.29 is 8.42 Å². The van der Waals surface area contributed by atoms with Gasteiger partial charge in [0.2, 0.25) is 10.0 Å². The Balaban J connectivity index is 1.66. The first kappa shape index (κ1) is 14.3. The molecule has 2 atom stereocenters. The SMILES string of the molecule is CCNS(=O)(=O)CCNC1CCCC(C2CC2)C1. The van der Waals surface area contributed by atoms with E-state index in [0.717, 1.165) is 11.8 Å². The number of hydrogen-bond acceptors (Lipinski definition) is 3. The Labute approximate surface area is 111 Å². The normalized spacial score (nSPS) is 29.4. The van der Waals surface area contributed by atoms with E-state index in [1.807, 2.05) is 6.92 Å². The lowest BCUT2D eigenvalue weighted by atomic mass is 9.83. The Bertz CT molecular complexity index is 352. The summed E-state index contributed by atoms with van der Waals surface area (Å²) < 4.78 is 25.5. The van der Waals surface area contributed by atoms with Crippen LogP contribution in [0.25, 0.3) is 0 Å². The second kappa shape index (κ2) is 6.35. The molecule has 2 fully saturated rings. The third kappa shape index (κ3) is 4.52. The molecule has 2 rings (SSSR count). The molecule has 5 heteroatoms. The van der Waals surface area contributed by atoms with E-state index in [9.17, 15) is 8.42 Å². The van der Waals surface area contributed by atoms with Crippen LogP contribution < -0.4 is 10.0 Å². The first-order valence-corrected chi connectivity index (χ1v) is 8.96. The fraction of sp³-hybridized carbons (Fsp3) is 1.00. The van der Waals surface area contributed by atoms with Gasteiger partial charge in [-0.3, -0.25) is 0 Å². The molecular formula is C13H26N2O2S. The maximum absolute atomic E-state index is 11.5. The van der Waals surface area contributed by atoms with Gasteiger partial charge in [0.25, 0.3) is 0 Å². The van der Waals surface area contributed by atoms with E-state index < -0.39 is 10.0 Å². The van der Waals surface area contributed by atoms with E-state index in [-0.39, 0.29) is 5.75 Å². The van der Waals surface area contributed by atoms with E-state index in [1.165, 1.54) is 38.5 Å². The van der Waals surface area contributed by atoms with E-state index in [1.54, 1.807) is 0 Å². The van der Waals surface area contributed by atoms with Crippen molar-refractivity contribution >= 4 is 10.0 Å². The van der Waals surface area contributed by atoms with Gasteiger partial charge in [-0.25, -0.2) is 13.1 Å². The minimum atomic E-state index is -3.06. The molecule has 0 aromatic carbocycles. The maximum Gasteiger partial charge on any atom is 0.212 e. The number of hydrogen-bond donors (Lipinski definition) is 2. The summed E-state index contributed by atoms with van der Waals surface area (Å²) in [6.07, 6.45) is 8.01. The van der Waals surface area contributed by atoms with Crippen molar-refractivity contribution in [1.29, 1.82) is 0 Å². The Hall–Kier alpha value is -0.130. The molecule has 2 aliphatic carbocycles. The third-order valence-electron chi connectivity index (χ3n) is 4.17. The van der Waals surface area contributed by atoms with Crippen LogP contribution in [-0.4, -0.2) is 33.3 Å². The summed E-state index contributed by atoms with van der Waals surface area (Å²) in [5, 5.41) is 3.43. The van der Waals surface area contributed by atoms with Gasteiger partial charge in [-0.2, -0.15) is 0 Å². The Morgan fingerprint density at radius 2 is 1.89 bits per heavy atom. The molecule has 0 heterocycles. The lowest BCUT2D eigenvalue weighted by Gasteiger charge is -2.30. The van der Waals surface area contributed by atoms with Crippen molar-refractivity contribution in [3.8, 4) is 0 Å². The van der Waals surface area contributed by atoms with Crippen LogP contribution in [0.4, 0.5) is 0 Å². The molecule has 2 unspecified atom stereocenters. The molecule has 0 spiro atoms. The lowest BCUT2D eigenvalue weighted by molar-refractivity contribution is 0.264. The predicted octanol–water partition coefficient (Wildman–Crippen LogP) is 1.48. The fourth-order valence-electron chi connectivity index (χ4n) is 3.10. The molecule has 106 valence electrons. The zero-order valence-electron chi connectivity index (χ0n) is 11.3. The first-order valence-electron chi connectivity index (χ1n) is 7.31. The minimum absolute atomic E-state index is 0.200.